The second-order valence-corrected chi connectivity index (χ2v) is 10.5. The molecular weight excluding hydrogens is 464 g/mol. The predicted octanol–water partition coefficient (Wildman–Crippen LogP) is 5.44. The van der Waals surface area contributed by atoms with Crippen LogP contribution in [0.1, 0.15) is 42.8 Å². The van der Waals surface area contributed by atoms with E-state index in [4.69, 9.17) is 4.74 Å². The summed E-state index contributed by atoms with van der Waals surface area (Å²) in [6.45, 7) is 5.76. The van der Waals surface area contributed by atoms with Crippen molar-refractivity contribution in [3.63, 3.8) is 0 Å². The molecule has 0 radical (unpaired) electrons. The number of aromatic amines is 1. The quantitative estimate of drug-likeness (QED) is 0.387. The highest BCUT2D eigenvalue weighted by Gasteiger charge is 2.39. The van der Waals surface area contributed by atoms with E-state index in [1.54, 1.807) is 0 Å². The lowest BCUT2D eigenvalue weighted by atomic mass is 9.85. The van der Waals surface area contributed by atoms with Gasteiger partial charge in [0.1, 0.15) is 18.2 Å². The molecule has 7 heteroatoms. The van der Waals surface area contributed by atoms with Crippen molar-refractivity contribution in [1.82, 2.24) is 19.8 Å². The summed E-state index contributed by atoms with van der Waals surface area (Å²) in [7, 11) is 0. The molecule has 1 fully saturated rings. The van der Waals surface area contributed by atoms with Crippen molar-refractivity contribution in [3.8, 4) is 16.9 Å². The first-order valence-electron chi connectivity index (χ1n) is 12.9. The Kier molecular flexibility index (Phi) is 5.88. The van der Waals surface area contributed by atoms with Crippen molar-refractivity contribution < 1.29 is 14.6 Å². The Labute approximate surface area is 216 Å². The summed E-state index contributed by atoms with van der Waals surface area (Å²) >= 11 is 0. The zero-order valence-corrected chi connectivity index (χ0v) is 21.3. The molecule has 2 unspecified atom stereocenters. The predicted molar refractivity (Wildman–Crippen MR) is 143 cm³/mol. The average Bonchev–Trinajstić information content (AvgIpc) is 3.13. The number of benzene rings is 3. The smallest absolute Gasteiger partial charge is 0.320 e. The number of aliphatic hydroxyl groups is 1. The van der Waals surface area contributed by atoms with Crippen LogP contribution in [-0.2, 0) is 6.54 Å². The summed E-state index contributed by atoms with van der Waals surface area (Å²) in [4.78, 5) is 25.5. The standard InChI is InChI=1S/C30H32N4O3/c1-20-31-25-10-8-23(17-26(25)32-20)22-9-11-28-24(16-22)19-33(14-15-37-28)29(35)34-13-12-30(2,36)18-27(34)21-6-4-3-5-7-21/h3-11,16-17,27,36H,12-15,18-19H2,1-2H3,(H,31,32). The third-order valence-electron chi connectivity index (χ3n) is 7.58. The maximum absolute atomic E-state index is 13.9. The van der Waals surface area contributed by atoms with Gasteiger partial charge in [-0.2, -0.15) is 0 Å². The Morgan fingerprint density at radius 2 is 1.86 bits per heavy atom. The fraction of sp³-hybridized carbons (Fsp3) is 0.333. The van der Waals surface area contributed by atoms with Gasteiger partial charge in [0, 0.05) is 18.5 Å². The Bertz CT molecular complexity index is 1450. The molecule has 2 atom stereocenters. The highest BCUT2D eigenvalue weighted by molar-refractivity contribution is 5.82. The number of amides is 2. The molecule has 1 aromatic heterocycles. The molecule has 2 N–H and O–H groups in total. The molecule has 2 amide bonds. The van der Waals surface area contributed by atoms with Gasteiger partial charge in [-0.05, 0) is 61.2 Å². The summed E-state index contributed by atoms with van der Waals surface area (Å²) in [6, 6.07) is 22.3. The van der Waals surface area contributed by atoms with Crippen LogP contribution in [0.3, 0.4) is 0 Å². The number of hydrogen-bond donors (Lipinski definition) is 2. The van der Waals surface area contributed by atoms with E-state index in [1.807, 2.05) is 66.1 Å². The fourth-order valence-corrected chi connectivity index (χ4v) is 5.58. The Morgan fingerprint density at radius 3 is 2.70 bits per heavy atom. The van der Waals surface area contributed by atoms with Crippen LogP contribution in [0.15, 0.2) is 66.7 Å². The number of piperidine rings is 1. The van der Waals surface area contributed by atoms with Crippen molar-refractivity contribution in [2.45, 2.75) is 44.9 Å². The van der Waals surface area contributed by atoms with Crippen LogP contribution >= 0.6 is 0 Å². The Balaban J connectivity index is 1.28. The molecular formula is C30H32N4O3. The number of rotatable bonds is 2. The number of nitrogens with zero attached hydrogens (tertiary/aromatic N) is 3. The van der Waals surface area contributed by atoms with Gasteiger partial charge in [0.25, 0.3) is 0 Å². The number of nitrogens with one attached hydrogen (secondary N) is 1. The first-order chi connectivity index (χ1) is 17.9. The normalized spacial score (nSPS) is 21.9. The molecule has 0 saturated carbocycles. The third kappa shape index (κ3) is 4.67. The van der Waals surface area contributed by atoms with E-state index in [9.17, 15) is 9.90 Å². The summed E-state index contributed by atoms with van der Waals surface area (Å²) < 4.78 is 6.06. The highest BCUT2D eigenvalue weighted by atomic mass is 16.5. The Morgan fingerprint density at radius 1 is 1.08 bits per heavy atom. The van der Waals surface area contributed by atoms with E-state index in [0.717, 1.165) is 44.9 Å². The SMILES string of the molecule is Cc1nc2ccc(-c3ccc4c(c3)CN(C(=O)N3CCC(C)(O)CC3c3ccccc3)CCO4)cc2[nH]1. The first-order valence-corrected chi connectivity index (χ1v) is 12.9. The third-order valence-corrected chi connectivity index (χ3v) is 7.58. The van der Waals surface area contributed by atoms with Gasteiger partial charge >= 0.3 is 6.03 Å². The summed E-state index contributed by atoms with van der Waals surface area (Å²) in [6.07, 6.45) is 1.08. The van der Waals surface area contributed by atoms with Gasteiger partial charge in [0.05, 0.1) is 35.8 Å². The number of aryl methyl sites for hydroxylation is 1. The molecule has 2 aliphatic heterocycles. The number of ether oxygens (including phenoxy) is 1. The molecule has 3 heterocycles. The highest BCUT2D eigenvalue weighted by Crippen LogP contribution is 2.38. The van der Waals surface area contributed by atoms with E-state index in [2.05, 4.69) is 34.2 Å². The van der Waals surface area contributed by atoms with E-state index >= 15 is 0 Å². The molecule has 0 aliphatic carbocycles. The number of carbonyl (C=O) groups excluding carboxylic acids is 1. The maximum Gasteiger partial charge on any atom is 0.320 e. The van der Waals surface area contributed by atoms with Crippen LogP contribution in [0.2, 0.25) is 0 Å². The lowest BCUT2D eigenvalue weighted by molar-refractivity contribution is -0.0256. The molecule has 0 bridgehead atoms. The second-order valence-electron chi connectivity index (χ2n) is 10.5. The minimum atomic E-state index is -0.797. The van der Waals surface area contributed by atoms with Crippen LogP contribution in [0.4, 0.5) is 4.79 Å². The van der Waals surface area contributed by atoms with Crippen LogP contribution in [0.5, 0.6) is 5.75 Å². The van der Waals surface area contributed by atoms with Crippen molar-refractivity contribution in [3.05, 3.63) is 83.7 Å². The van der Waals surface area contributed by atoms with E-state index in [0.29, 0.717) is 39.1 Å². The number of H-pyrrole nitrogens is 1. The summed E-state index contributed by atoms with van der Waals surface area (Å²) in [5.74, 6) is 1.71. The number of fused-ring (bicyclic) bond motifs is 2. The van der Waals surface area contributed by atoms with Gasteiger partial charge in [-0.15, -0.1) is 0 Å². The van der Waals surface area contributed by atoms with Gasteiger partial charge in [-0.3, -0.25) is 0 Å². The number of carbonyl (C=O) groups is 1. The Hall–Kier alpha value is -3.84. The van der Waals surface area contributed by atoms with Crippen molar-refractivity contribution in [2.75, 3.05) is 19.7 Å². The monoisotopic (exact) mass is 496 g/mol. The first kappa shape index (κ1) is 23.6. The lowest BCUT2D eigenvalue weighted by Crippen LogP contribution is -2.51. The van der Waals surface area contributed by atoms with Crippen LogP contribution < -0.4 is 4.74 Å². The summed E-state index contributed by atoms with van der Waals surface area (Å²) in [5.41, 5.74) is 5.36. The average molecular weight is 497 g/mol. The molecule has 4 aromatic rings. The van der Waals surface area contributed by atoms with Gasteiger partial charge in [-0.25, -0.2) is 9.78 Å². The molecule has 1 saturated heterocycles. The van der Waals surface area contributed by atoms with Gasteiger partial charge in [-0.1, -0.05) is 42.5 Å². The van der Waals surface area contributed by atoms with Crippen molar-refractivity contribution in [2.24, 2.45) is 0 Å². The molecule has 37 heavy (non-hydrogen) atoms. The second kappa shape index (κ2) is 9.23. The molecule has 7 nitrogen and oxygen atoms in total. The molecule has 0 spiro atoms. The van der Waals surface area contributed by atoms with Crippen LogP contribution in [-0.4, -0.2) is 56.2 Å². The minimum Gasteiger partial charge on any atom is -0.491 e. The number of imidazole rings is 1. The van der Waals surface area contributed by atoms with Gasteiger partial charge in [0.15, 0.2) is 0 Å². The van der Waals surface area contributed by atoms with Crippen molar-refractivity contribution in [1.29, 1.82) is 0 Å². The number of hydrogen-bond acceptors (Lipinski definition) is 4. The number of likely N-dealkylation sites (tertiary alicyclic amines) is 1. The molecule has 2 aliphatic rings. The lowest BCUT2D eigenvalue weighted by Gasteiger charge is -2.44. The van der Waals surface area contributed by atoms with E-state index in [-0.39, 0.29) is 12.1 Å². The van der Waals surface area contributed by atoms with Gasteiger partial charge in [0.2, 0.25) is 0 Å². The maximum atomic E-state index is 13.9. The van der Waals surface area contributed by atoms with E-state index in [1.165, 1.54) is 0 Å². The van der Waals surface area contributed by atoms with E-state index < -0.39 is 5.60 Å². The molecule has 3 aromatic carbocycles. The van der Waals surface area contributed by atoms with Crippen molar-refractivity contribution >= 4 is 17.1 Å². The van der Waals surface area contributed by atoms with Crippen LogP contribution in [0, 0.1) is 6.92 Å². The molecule has 190 valence electrons. The van der Waals surface area contributed by atoms with Crippen LogP contribution in [0.25, 0.3) is 22.2 Å². The summed E-state index contributed by atoms with van der Waals surface area (Å²) in [5, 5.41) is 10.8. The van der Waals surface area contributed by atoms with Gasteiger partial charge < -0.3 is 24.6 Å². The number of aromatic nitrogens is 2. The largest absolute Gasteiger partial charge is 0.491 e. The zero-order chi connectivity index (χ0) is 25.6. The zero-order valence-electron chi connectivity index (χ0n) is 21.3. The number of urea groups is 1. The molecule has 6 rings (SSSR count). The minimum absolute atomic E-state index is 0.0134. The fourth-order valence-electron chi connectivity index (χ4n) is 5.58. The topological polar surface area (TPSA) is 81.7 Å².